The van der Waals surface area contributed by atoms with Crippen LogP contribution in [0.5, 0.6) is 5.75 Å². The molecule has 0 aliphatic rings. The van der Waals surface area contributed by atoms with Crippen LogP contribution in [-0.2, 0) is 0 Å². The molecule has 0 spiro atoms. The van der Waals surface area contributed by atoms with Crippen LogP contribution in [-0.4, -0.2) is 18.7 Å². The van der Waals surface area contributed by atoms with Crippen molar-refractivity contribution < 1.29 is 9.53 Å². The van der Waals surface area contributed by atoms with Crippen molar-refractivity contribution >= 4 is 12.1 Å². The zero-order chi connectivity index (χ0) is 18.6. The number of benzene rings is 2. The number of nitriles is 1. The topological polar surface area (TPSA) is 74.5 Å². The highest BCUT2D eigenvalue weighted by Gasteiger charge is 2.03. The molecule has 0 saturated heterocycles. The number of amides is 1. The molecule has 0 heterocycles. The minimum atomic E-state index is -0.322. The van der Waals surface area contributed by atoms with E-state index in [0.717, 1.165) is 24.3 Å². The summed E-state index contributed by atoms with van der Waals surface area (Å²) in [5.74, 6) is 0.512. The molecule has 0 aliphatic carbocycles. The fourth-order valence-corrected chi connectivity index (χ4v) is 2.30. The van der Waals surface area contributed by atoms with Crippen molar-refractivity contribution in [3.05, 3.63) is 65.2 Å². The van der Waals surface area contributed by atoms with E-state index in [1.807, 2.05) is 30.3 Å². The maximum atomic E-state index is 12.0. The average Bonchev–Trinajstić information content (AvgIpc) is 2.69. The molecule has 0 bridgehead atoms. The first-order chi connectivity index (χ1) is 12.7. The number of unbranched alkanes of at least 4 members (excludes halogenated alkanes) is 3. The smallest absolute Gasteiger partial charge is 0.271 e. The Kier molecular flexibility index (Phi) is 7.88. The molecule has 5 heteroatoms. The predicted molar refractivity (Wildman–Crippen MR) is 102 cm³/mol. The number of nitrogens with zero attached hydrogens (tertiary/aromatic N) is 2. The normalized spacial score (nSPS) is 10.5. The molecule has 0 unspecified atom stereocenters. The highest BCUT2D eigenvalue weighted by molar-refractivity contribution is 5.94. The summed E-state index contributed by atoms with van der Waals surface area (Å²) in [6.45, 7) is 2.92. The van der Waals surface area contributed by atoms with Crippen LogP contribution in [0.2, 0.25) is 0 Å². The lowest BCUT2D eigenvalue weighted by Gasteiger charge is -2.06. The summed E-state index contributed by atoms with van der Waals surface area (Å²) in [4.78, 5) is 12.0. The molecule has 0 atom stereocenters. The lowest BCUT2D eigenvalue weighted by Crippen LogP contribution is -2.17. The molecule has 1 N–H and O–H groups in total. The van der Waals surface area contributed by atoms with Crippen molar-refractivity contribution in [1.29, 1.82) is 5.26 Å². The third-order valence-corrected chi connectivity index (χ3v) is 3.80. The van der Waals surface area contributed by atoms with Crippen molar-refractivity contribution in [3.8, 4) is 11.8 Å². The number of nitrogens with one attached hydrogen (secondary N) is 1. The number of hydrogen-bond donors (Lipinski definition) is 1. The summed E-state index contributed by atoms with van der Waals surface area (Å²) >= 11 is 0. The highest BCUT2D eigenvalue weighted by atomic mass is 16.5. The van der Waals surface area contributed by atoms with Gasteiger partial charge < -0.3 is 4.74 Å². The number of rotatable bonds is 9. The number of hydrogen-bond acceptors (Lipinski definition) is 4. The van der Waals surface area contributed by atoms with Crippen molar-refractivity contribution in [3.63, 3.8) is 0 Å². The van der Waals surface area contributed by atoms with Crippen LogP contribution in [0.4, 0.5) is 0 Å². The average molecular weight is 349 g/mol. The zero-order valence-corrected chi connectivity index (χ0v) is 14.9. The number of ether oxygens (including phenoxy) is 1. The van der Waals surface area contributed by atoms with Crippen LogP contribution >= 0.6 is 0 Å². The van der Waals surface area contributed by atoms with Gasteiger partial charge in [0.15, 0.2) is 0 Å². The van der Waals surface area contributed by atoms with Crippen molar-refractivity contribution in [2.24, 2.45) is 5.10 Å². The Morgan fingerprint density at radius 2 is 1.85 bits per heavy atom. The largest absolute Gasteiger partial charge is 0.494 e. The fourth-order valence-electron chi connectivity index (χ4n) is 2.30. The Bertz CT molecular complexity index is 759. The summed E-state index contributed by atoms with van der Waals surface area (Å²) in [6, 6.07) is 16.0. The second-order valence-corrected chi connectivity index (χ2v) is 5.87. The first-order valence-electron chi connectivity index (χ1n) is 8.79. The van der Waals surface area contributed by atoms with Gasteiger partial charge in [-0.25, -0.2) is 5.43 Å². The van der Waals surface area contributed by atoms with Crippen LogP contribution in [0.25, 0.3) is 0 Å². The summed E-state index contributed by atoms with van der Waals surface area (Å²) in [7, 11) is 0. The molecule has 0 radical (unpaired) electrons. The van der Waals surface area contributed by atoms with E-state index >= 15 is 0 Å². The van der Waals surface area contributed by atoms with Gasteiger partial charge in [0.25, 0.3) is 5.91 Å². The van der Waals surface area contributed by atoms with Crippen LogP contribution in [0.1, 0.15) is 54.1 Å². The minimum absolute atomic E-state index is 0.322. The molecule has 1 amide bonds. The maximum absolute atomic E-state index is 12.0. The first-order valence-corrected chi connectivity index (χ1v) is 8.79. The van der Waals surface area contributed by atoms with Crippen LogP contribution in [0.15, 0.2) is 53.6 Å². The van der Waals surface area contributed by atoms with Crippen LogP contribution in [0, 0.1) is 11.3 Å². The molecule has 2 rings (SSSR count). The SMILES string of the molecule is CCCCCCOc1ccc(/C=N\NC(=O)c2ccc(C#N)cc2)cc1. The van der Waals surface area contributed by atoms with E-state index < -0.39 is 0 Å². The Labute approximate surface area is 154 Å². The third-order valence-electron chi connectivity index (χ3n) is 3.80. The van der Waals surface area contributed by atoms with Crippen LogP contribution < -0.4 is 10.2 Å². The molecule has 0 fully saturated rings. The van der Waals surface area contributed by atoms with E-state index in [1.165, 1.54) is 19.3 Å². The second-order valence-electron chi connectivity index (χ2n) is 5.87. The maximum Gasteiger partial charge on any atom is 0.271 e. The highest BCUT2D eigenvalue weighted by Crippen LogP contribution is 2.12. The third kappa shape index (κ3) is 6.40. The van der Waals surface area contributed by atoms with Gasteiger partial charge in [-0.3, -0.25) is 4.79 Å². The van der Waals surface area contributed by atoms with Gasteiger partial charge in [0, 0.05) is 5.56 Å². The molecular formula is C21H23N3O2. The summed E-state index contributed by atoms with van der Waals surface area (Å²) in [5, 5.41) is 12.7. The van der Waals surface area contributed by atoms with Gasteiger partial charge in [0.05, 0.1) is 24.5 Å². The summed E-state index contributed by atoms with van der Waals surface area (Å²) < 4.78 is 5.69. The molecular weight excluding hydrogens is 326 g/mol. The van der Waals surface area contributed by atoms with E-state index in [2.05, 4.69) is 17.5 Å². The van der Waals surface area contributed by atoms with Crippen molar-refractivity contribution in [2.75, 3.05) is 6.61 Å². The van der Waals surface area contributed by atoms with E-state index in [0.29, 0.717) is 11.1 Å². The standard InChI is InChI=1S/C21H23N3O2/c1-2-3-4-5-14-26-20-12-8-18(9-13-20)16-23-24-21(25)19-10-6-17(15-22)7-11-19/h6-13,16H,2-5,14H2,1H3,(H,24,25)/b23-16-. The van der Waals surface area contributed by atoms with Gasteiger partial charge >= 0.3 is 0 Å². The Hall–Kier alpha value is -3.13. The first kappa shape index (κ1) is 19.2. The molecule has 2 aromatic carbocycles. The molecule has 2 aromatic rings. The van der Waals surface area contributed by atoms with Crippen molar-refractivity contribution in [2.45, 2.75) is 32.6 Å². The van der Waals surface area contributed by atoms with Gasteiger partial charge in [-0.05, 0) is 60.5 Å². The Morgan fingerprint density at radius 1 is 1.12 bits per heavy atom. The number of hydrazone groups is 1. The minimum Gasteiger partial charge on any atom is -0.494 e. The van der Waals surface area contributed by atoms with Gasteiger partial charge in [-0.2, -0.15) is 10.4 Å². The predicted octanol–water partition coefficient (Wildman–Crippen LogP) is 4.28. The van der Waals surface area contributed by atoms with Gasteiger partial charge in [0.1, 0.15) is 5.75 Å². The number of carbonyl (C=O) groups excluding carboxylic acids is 1. The fraction of sp³-hybridized carbons (Fsp3) is 0.286. The molecule has 0 saturated carbocycles. The second kappa shape index (κ2) is 10.7. The Morgan fingerprint density at radius 3 is 2.50 bits per heavy atom. The number of carbonyl (C=O) groups is 1. The van der Waals surface area contributed by atoms with E-state index in [-0.39, 0.29) is 5.91 Å². The lowest BCUT2D eigenvalue weighted by molar-refractivity contribution is 0.0955. The quantitative estimate of drug-likeness (QED) is 0.417. The molecule has 0 aliphatic heterocycles. The van der Waals surface area contributed by atoms with E-state index in [4.69, 9.17) is 10.00 Å². The van der Waals surface area contributed by atoms with E-state index in [1.54, 1.807) is 30.5 Å². The van der Waals surface area contributed by atoms with Gasteiger partial charge in [0.2, 0.25) is 0 Å². The van der Waals surface area contributed by atoms with Crippen LogP contribution in [0.3, 0.4) is 0 Å². The molecule has 26 heavy (non-hydrogen) atoms. The summed E-state index contributed by atoms with van der Waals surface area (Å²) in [5.41, 5.74) is 4.30. The van der Waals surface area contributed by atoms with Gasteiger partial charge in [-0.15, -0.1) is 0 Å². The van der Waals surface area contributed by atoms with Crippen molar-refractivity contribution in [1.82, 2.24) is 5.43 Å². The zero-order valence-electron chi connectivity index (χ0n) is 14.9. The van der Waals surface area contributed by atoms with Gasteiger partial charge in [-0.1, -0.05) is 26.2 Å². The monoisotopic (exact) mass is 349 g/mol. The summed E-state index contributed by atoms with van der Waals surface area (Å²) in [6.07, 6.45) is 6.30. The molecule has 5 nitrogen and oxygen atoms in total. The molecule has 0 aromatic heterocycles. The van der Waals surface area contributed by atoms with E-state index in [9.17, 15) is 4.79 Å². The lowest BCUT2D eigenvalue weighted by atomic mass is 10.1. The molecule has 134 valence electrons. The Balaban J connectivity index is 1.78.